The number of benzene rings is 2. The Hall–Kier alpha value is -1.86. The second-order valence-electron chi connectivity index (χ2n) is 7.56. The van der Waals surface area contributed by atoms with E-state index in [1.54, 1.807) is 0 Å². The minimum atomic E-state index is -0.315. The number of Topliss-reactive ketones (excluding diaryl/α,β-unsaturated/α-hetero) is 1. The second-order valence-corrected chi connectivity index (χ2v) is 8.00. The van der Waals surface area contributed by atoms with E-state index < -0.39 is 0 Å². The molecule has 0 saturated heterocycles. The normalized spacial score (nSPS) is 23.4. The molecule has 0 radical (unpaired) electrons. The Morgan fingerprint density at radius 2 is 1.62 bits per heavy atom. The summed E-state index contributed by atoms with van der Waals surface area (Å²) < 4.78 is 0. The molecule has 1 saturated carbocycles. The number of halogens is 1. The minimum absolute atomic E-state index is 0.0612. The molecule has 0 aliphatic heterocycles. The third-order valence-corrected chi connectivity index (χ3v) is 4.93. The number of ketones is 1. The van der Waals surface area contributed by atoms with Gasteiger partial charge in [-0.3, -0.25) is 4.79 Å². The Balaban J connectivity index is 1.85. The van der Waals surface area contributed by atoms with Crippen LogP contribution < -0.4 is 0 Å². The van der Waals surface area contributed by atoms with Gasteiger partial charge in [0.15, 0.2) is 0 Å². The molecule has 1 nitrogen and oxygen atoms in total. The van der Waals surface area contributed by atoms with E-state index in [0.717, 1.165) is 5.02 Å². The van der Waals surface area contributed by atoms with Crippen molar-refractivity contribution in [2.75, 3.05) is 0 Å². The van der Waals surface area contributed by atoms with E-state index >= 15 is 0 Å². The van der Waals surface area contributed by atoms with Crippen molar-refractivity contribution in [1.29, 1.82) is 0 Å². The van der Waals surface area contributed by atoms with Crippen LogP contribution in [0.3, 0.4) is 0 Å². The molecule has 1 aliphatic carbocycles. The molecule has 0 spiro atoms. The third kappa shape index (κ3) is 3.62. The Morgan fingerprint density at radius 1 is 1.00 bits per heavy atom. The van der Waals surface area contributed by atoms with Gasteiger partial charge in [0.2, 0.25) is 0 Å². The lowest BCUT2D eigenvalue weighted by molar-refractivity contribution is -0.127. The van der Waals surface area contributed by atoms with E-state index in [-0.39, 0.29) is 23.2 Å². The van der Waals surface area contributed by atoms with Gasteiger partial charge in [0.25, 0.3) is 0 Å². The molecular formula is C22H23ClO. The summed E-state index contributed by atoms with van der Waals surface area (Å²) in [5.41, 5.74) is 2.05. The molecule has 2 aromatic rings. The largest absolute Gasteiger partial charge is 0.299 e. The topological polar surface area (TPSA) is 17.1 Å². The number of carbonyl (C=O) groups excluding carboxylic acids is 1. The predicted octanol–water partition coefficient (Wildman–Crippen LogP) is 6.00. The second kappa shape index (κ2) is 6.57. The van der Waals surface area contributed by atoms with Crippen LogP contribution in [-0.2, 0) is 4.79 Å². The van der Waals surface area contributed by atoms with E-state index in [1.807, 2.05) is 63.2 Å². The van der Waals surface area contributed by atoms with E-state index in [2.05, 4.69) is 24.3 Å². The van der Waals surface area contributed by atoms with Crippen LogP contribution in [0.5, 0.6) is 0 Å². The average molecular weight is 339 g/mol. The maximum Gasteiger partial charge on any atom is 0.142 e. The van der Waals surface area contributed by atoms with Gasteiger partial charge >= 0.3 is 0 Å². The zero-order valence-corrected chi connectivity index (χ0v) is 15.1. The first-order valence-electron chi connectivity index (χ1n) is 8.41. The molecular weight excluding hydrogens is 316 g/mol. The van der Waals surface area contributed by atoms with Crippen LogP contribution in [0.2, 0.25) is 5.02 Å². The zero-order chi connectivity index (χ0) is 17.3. The maximum atomic E-state index is 12.8. The minimum Gasteiger partial charge on any atom is -0.299 e. The molecule has 0 unspecified atom stereocenters. The molecule has 124 valence electrons. The SMILES string of the molecule is CC(C)(C)C(=O)[C@@H]1[C@@H](/C=C/c2ccccc2)[C@H]1c1ccc(Cl)cc1. The molecule has 0 heterocycles. The van der Waals surface area contributed by atoms with Crippen molar-refractivity contribution >= 4 is 23.5 Å². The summed E-state index contributed by atoms with van der Waals surface area (Å²) in [6.45, 7) is 6.01. The van der Waals surface area contributed by atoms with Gasteiger partial charge in [-0.05, 0) is 29.2 Å². The summed E-state index contributed by atoms with van der Waals surface area (Å²) in [4.78, 5) is 12.8. The highest BCUT2D eigenvalue weighted by atomic mass is 35.5. The van der Waals surface area contributed by atoms with Crippen molar-refractivity contribution in [2.24, 2.45) is 17.3 Å². The smallest absolute Gasteiger partial charge is 0.142 e. The third-order valence-electron chi connectivity index (χ3n) is 4.68. The molecule has 3 rings (SSSR count). The van der Waals surface area contributed by atoms with E-state index in [4.69, 9.17) is 11.6 Å². The fraction of sp³-hybridized carbons (Fsp3) is 0.318. The highest BCUT2D eigenvalue weighted by Crippen LogP contribution is 2.57. The van der Waals surface area contributed by atoms with Crippen molar-refractivity contribution in [3.05, 3.63) is 76.8 Å². The molecule has 3 atom stereocenters. The van der Waals surface area contributed by atoms with Crippen LogP contribution in [0, 0.1) is 17.3 Å². The van der Waals surface area contributed by atoms with Gasteiger partial charge in [-0.25, -0.2) is 0 Å². The van der Waals surface area contributed by atoms with Crippen LogP contribution in [0.1, 0.15) is 37.8 Å². The Labute approximate surface area is 149 Å². The van der Waals surface area contributed by atoms with Crippen LogP contribution in [0.15, 0.2) is 60.7 Å². The van der Waals surface area contributed by atoms with Crippen LogP contribution in [0.25, 0.3) is 6.08 Å². The van der Waals surface area contributed by atoms with Crippen molar-refractivity contribution in [2.45, 2.75) is 26.7 Å². The van der Waals surface area contributed by atoms with Gasteiger partial charge < -0.3 is 0 Å². The van der Waals surface area contributed by atoms with E-state index in [9.17, 15) is 4.79 Å². The van der Waals surface area contributed by atoms with Gasteiger partial charge in [-0.1, -0.05) is 87.0 Å². The van der Waals surface area contributed by atoms with Crippen molar-refractivity contribution in [3.8, 4) is 0 Å². The molecule has 1 fully saturated rings. The summed E-state index contributed by atoms with van der Waals surface area (Å²) in [6, 6.07) is 18.1. The molecule has 0 bridgehead atoms. The average Bonchev–Trinajstić information content (AvgIpc) is 3.27. The van der Waals surface area contributed by atoms with Crippen molar-refractivity contribution in [3.63, 3.8) is 0 Å². The standard InChI is InChI=1S/C22H23ClO/c1-22(2,3)21(24)20-18(14-9-15-7-5-4-6-8-15)19(20)16-10-12-17(23)13-11-16/h4-14,18-20H,1-3H3/b14-9+/t18-,19+,20+/m0/s1. The van der Waals surface area contributed by atoms with Gasteiger partial charge in [0.05, 0.1) is 0 Å². The molecule has 24 heavy (non-hydrogen) atoms. The molecule has 2 aromatic carbocycles. The van der Waals surface area contributed by atoms with Gasteiger partial charge in [-0.15, -0.1) is 0 Å². The van der Waals surface area contributed by atoms with Crippen LogP contribution in [0.4, 0.5) is 0 Å². The lowest BCUT2D eigenvalue weighted by Gasteiger charge is -2.16. The van der Waals surface area contributed by atoms with Crippen LogP contribution >= 0.6 is 11.6 Å². The fourth-order valence-corrected chi connectivity index (χ4v) is 3.44. The summed E-state index contributed by atoms with van der Waals surface area (Å²) in [7, 11) is 0. The maximum absolute atomic E-state index is 12.8. The summed E-state index contributed by atoms with van der Waals surface area (Å²) in [5, 5.41) is 0.731. The molecule has 0 aromatic heterocycles. The van der Waals surface area contributed by atoms with Crippen LogP contribution in [-0.4, -0.2) is 5.78 Å². The Bertz CT molecular complexity index is 738. The Kier molecular flexibility index (Phi) is 4.64. The number of hydrogen-bond acceptors (Lipinski definition) is 1. The summed E-state index contributed by atoms with van der Waals surface area (Å²) >= 11 is 6.00. The first-order chi connectivity index (χ1) is 11.4. The number of carbonyl (C=O) groups is 1. The predicted molar refractivity (Wildman–Crippen MR) is 101 cm³/mol. The number of rotatable bonds is 4. The van der Waals surface area contributed by atoms with Gasteiger partial charge in [0, 0.05) is 22.3 Å². The summed E-state index contributed by atoms with van der Waals surface area (Å²) in [6.07, 6.45) is 4.33. The number of hydrogen-bond donors (Lipinski definition) is 0. The highest BCUT2D eigenvalue weighted by molar-refractivity contribution is 6.30. The lowest BCUT2D eigenvalue weighted by Crippen LogP contribution is -2.23. The molecule has 0 amide bonds. The number of allylic oxidation sites excluding steroid dienone is 1. The first-order valence-corrected chi connectivity index (χ1v) is 8.79. The van der Waals surface area contributed by atoms with Crippen molar-refractivity contribution < 1.29 is 4.79 Å². The first kappa shape index (κ1) is 17.0. The Morgan fingerprint density at radius 3 is 2.21 bits per heavy atom. The summed E-state index contributed by atoms with van der Waals surface area (Å²) in [5.74, 6) is 0.920. The zero-order valence-electron chi connectivity index (χ0n) is 14.4. The quantitative estimate of drug-likeness (QED) is 0.668. The molecule has 2 heteroatoms. The molecule has 0 N–H and O–H groups in total. The van der Waals surface area contributed by atoms with Gasteiger partial charge in [-0.2, -0.15) is 0 Å². The van der Waals surface area contributed by atoms with E-state index in [0.29, 0.717) is 5.78 Å². The van der Waals surface area contributed by atoms with E-state index in [1.165, 1.54) is 11.1 Å². The van der Waals surface area contributed by atoms with Crippen molar-refractivity contribution in [1.82, 2.24) is 0 Å². The lowest BCUT2D eigenvalue weighted by atomic mass is 9.86. The monoisotopic (exact) mass is 338 g/mol. The highest BCUT2D eigenvalue weighted by Gasteiger charge is 2.55. The fourth-order valence-electron chi connectivity index (χ4n) is 3.31. The molecule has 1 aliphatic rings. The van der Waals surface area contributed by atoms with Gasteiger partial charge in [0.1, 0.15) is 5.78 Å².